The van der Waals surface area contributed by atoms with Crippen molar-refractivity contribution in [2.45, 2.75) is 5.92 Å². The summed E-state index contributed by atoms with van der Waals surface area (Å²) in [5.41, 5.74) is 5.99. The van der Waals surface area contributed by atoms with Gasteiger partial charge in [-0.05, 0) is 6.07 Å². The molecule has 2 N–H and O–H groups in total. The van der Waals surface area contributed by atoms with E-state index in [-0.39, 0.29) is 11.7 Å². The first-order valence-electron chi connectivity index (χ1n) is 4.19. The van der Waals surface area contributed by atoms with Crippen molar-refractivity contribution in [3.63, 3.8) is 0 Å². The third kappa shape index (κ3) is 2.81. The third-order valence-corrected chi connectivity index (χ3v) is 2.48. The average molecular weight is 249 g/mol. The number of esters is 1. The zero-order valence-electron chi connectivity index (χ0n) is 8.04. The Morgan fingerprint density at radius 3 is 2.80 bits per heavy atom. The second kappa shape index (κ2) is 5.30. The van der Waals surface area contributed by atoms with E-state index in [1.54, 1.807) is 0 Å². The quantitative estimate of drug-likeness (QED) is 0.652. The van der Waals surface area contributed by atoms with Gasteiger partial charge in [-0.1, -0.05) is 23.2 Å². The summed E-state index contributed by atoms with van der Waals surface area (Å²) in [4.78, 5) is 15.2. The predicted octanol–water partition coefficient (Wildman–Crippen LogP) is 1.60. The Morgan fingerprint density at radius 1 is 1.67 bits per heavy atom. The van der Waals surface area contributed by atoms with Crippen molar-refractivity contribution in [3.05, 3.63) is 28.0 Å². The van der Waals surface area contributed by atoms with E-state index in [1.165, 1.54) is 19.4 Å². The molecular formula is C9H10Cl2N2O2. The maximum Gasteiger partial charge on any atom is 0.314 e. The van der Waals surface area contributed by atoms with E-state index in [2.05, 4.69) is 9.72 Å². The number of methoxy groups -OCH3 is 1. The first-order chi connectivity index (χ1) is 7.10. The number of ether oxygens (including phenoxy) is 1. The topological polar surface area (TPSA) is 65.2 Å². The van der Waals surface area contributed by atoms with Crippen molar-refractivity contribution in [1.29, 1.82) is 0 Å². The number of nitrogens with zero attached hydrogens (tertiary/aromatic N) is 1. The van der Waals surface area contributed by atoms with Crippen LogP contribution in [-0.4, -0.2) is 24.6 Å². The highest BCUT2D eigenvalue weighted by Crippen LogP contribution is 2.26. The maximum atomic E-state index is 11.4. The molecule has 0 aliphatic heterocycles. The molecule has 1 unspecified atom stereocenters. The van der Waals surface area contributed by atoms with Crippen LogP contribution in [0.3, 0.4) is 0 Å². The molecule has 0 aliphatic carbocycles. The summed E-state index contributed by atoms with van der Waals surface area (Å²) in [5.74, 6) is -1.05. The van der Waals surface area contributed by atoms with Crippen LogP contribution in [-0.2, 0) is 9.53 Å². The molecule has 0 fully saturated rings. The summed E-state index contributed by atoms with van der Waals surface area (Å²) >= 11 is 11.6. The molecule has 0 spiro atoms. The molecule has 1 rings (SSSR count). The van der Waals surface area contributed by atoms with Crippen LogP contribution in [0.25, 0.3) is 0 Å². The number of carbonyl (C=O) groups is 1. The second-order valence-electron chi connectivity index (χ2n) is 2.84. The highest BCUT2D eigenvalue weighted by atomic mass is 35.5. The summed E-state index contributed by atoms with van der Waals surface area (Å²) in [7, 11) is 1.29. The van der Waals surface area contributed by atoms with Crippen LogP contribution in [0.5, 0.6) is 0 Å². The zero-order chi connectivity index (χ0) is 11.4. The third-order valence-electron chi connectivity index (χ3n) is 1.95. The number of aromatic nitrogens is 1. The van der Waals surface area contributed by atoms with Crippen LogP contribution in [0, 0.1) is 0 Å². The average Bonchev–Trinajstić information content (AvgIpc) is 2.21. The van der Waals surface area contributed by atoms with E-state index in [9.17, 15) is 4.79 Å². The largest absolute Gasteiger partial charge is 0.469 e. The summed E-state index contributed by atoms with van der Waals surface area (Å²) in [5, 5.41) is 0.625. The van der Waals surface area contributed by atoms with E-state index in [1.807, 2.05) is 0 Å². The fourth-order valence-corrected chi connectivity index (χ4v) is 1.66. The number of halogens is 2. The fraction of sp³-hybridized carbons (Fsp3) is 0.333. The van der Waals surface area contributed by atoms with Crippen LogP contribution in [0.15, 0.2) is 12.3 Å². The number of pyridine rings is 1. The predicted molar refractivity (Wildman–Crippen MR) is 58.1 cm³/mol. The molecule has 82 valence electrons. The number of hydrogen-bond donors (Lipinski definition) is 1. The van der Waals surface area contributed by atoms with Gasteiger partial charge in [0.2, 0.25) is 0 Å². The van der Waals surface area contributed by atoms with Gasteiger partial charge in [-0.2, -0.15) is 0 Å². The molecule has 1 aromatic heterocycles. The number of nitrogens with two attached hydrogens (primary N) is 1. The number of rotatable bonds is 3. The normalized spacial score (nSPS) is 12.3. The van der Waals surface area contributed by atoms with Crippen molar-refractivity contribution >= 4 is 29.2 Å². The summed E-state index contributed by atoms with van der Waals surface area (Å²) in [6, 6.07) is 1.46. The molecule has 1 atom stereocenters. The molecule has 0 bridgehead atoms. The molecule has 0 saturated carbocycles. The van der Waals surface area contributed by atoms with Crippen LogP contribution >= 0.6 is 23.2 Å². The lowest BCUT2D eigenvalue weighted by atomic mass is 10.0. The Morgan fingerprint density at radius 2 is 2.33 bits per heavy atom. The van der Waals surface area contributed by atoms with Crippen molar-refractivity contribution in [3.8, 4) is 0 Å². The van der Waals surface area contributed by atoms with Gasteiger partial charge in [0.15, 0.2) is 0 Å². The molecule has 0 saturated heterocycles. The van der Waals surface area contributed by atoms with Crippen molar-refractivity contribution in [1.82, 2.24) is 4.98 Å². The molecule has 1 heterocycles. The van der Waals surface area contributed by atoms with Crippen molar-refractivity contribution in [2.24, 2.45) is 5.73 Å². The smallest absolute Gasteiger partial charge is 0.314 e. The SMILES string of the molecule is COC(=O)C(CN)c1cnc(Cl)cc1Cl. The summed E-state index contributed by atoms with van der Waals surface area (Å²) in [6.07, 6.45) is 1.43. The van der Waals surface area contributed by atoms with Gasteiger partial charge in [0.1, 0.15) is 5.15 Å². The van der Waals surface area contributed by atoms with Crippen LogP contribution in [0.2, 0.25) is 10.2 Å². The van der Waals surface area contributed by atoms with E-state index in [4.69, 9.17) is 28.9 Å². The lowest BCUT2D eigenvalue weighted by molar-refractivity contribution is -0.142. The molecule has 1 aromatic rings. The molecule has 0 aliphatic rings. The van der Waals surface area contributed by atoms with Crippen LogP contribution < -0.4 is 5.73 Å². The zero-order valence-corrected chi connectivity index (χ0v) is 9.55. The van der Waals surface area contributed by atoms with Crippen LogP contribution in [0.1, 0.15) is 11.5 Å². The molecule has 0 amide bonds. The Bertz CT molecular complexity index is 371. The van der Waals surface area contributed by atoms with E-state index < -0.39 is 11.9 Å². The van der Waals surface area contributed by atoms with Gasteiger partial charge in [0.25, 0.3) is 0 Å². The minimum Gasteiger partial charge on any atom is -0.469 e. The summed E-state index contributed by atoms with van der Waals surface area (Å²) in [6.45, 7) is 0.107. The van der Waals surface area contributed by atoms with Gasteiger partial charge in [-0.3, -0.25) is 4.79 Å². The van der Waals surface area contributed by atoms with Gasteiger partial charge >= 0.3 is 5.97 Å². The minimum atomic E-state index is -0.604. The molecule has 4 nitrogen and oxygen atoms in total. The van der Waals surface area contributed by atoms with E-state index in [0.717, 1.165) is 0 Å². The Hall–Kier alpha value is -0.840. The summed E-state index contributed by atoms with van der Waals surface area (Å²) < 4.78 is 4.60. The van der Waals surface area contributed by atoms with Gasteiger partial charge < -0.3 is 10.5 Å². The minimum absolute atomic E-state index is 0.107. The highest BCUT2D eigenvalue weighted by molar-refractivity contribution is 6.34. The van der Waals surface area contributed by atoms with Gasteiger partial charge in [0, 0.05) is 23.3 Å². The second-order valence-corrected chi connectivity index (χ2v) is 3.63. The lowest BCUT2D eigenvalue weighted by Gasteiger charge is -2.13. The Balaban J connectivity index is 3.07. The highest BCUT2D eigenvalue weighted by Gasteiger charge is 2.22. The molecule has 0 aromatic carbocycles. The number of hydrogen-bond acceptors (Lipinski definition) is 4. The van der Waals surface area contributed by atoms with Gasteiger partial charge in [-0.25, -0.2) is 4.98 Å². The Kier molecular flexibility index (Phi) is 4.32. The monoisotopic (exact) mass is 248 g/mol. The molecule has 15 heavy (non-hydrogen) atoms. The van der Waals surface area contributed by atoms with Crippen molar-refractivity contribution in [2.75, 3.05) is 13.7 Å². The number of carbonyl (C=O) groups excluding carboxylic acids is 1. The fourth-order valence-electron chi connectivity index (χ4n) is 1.17. The Labute approximate surface area is 97.3 Å². The van der Waals surface area contributed by atoms with Gasteiger partial charge in [-0.15, -0.1) is 0 Å². The lowest BCUT2D eigenvalue weighted by Crippen LogP contribution is -2.23. The van der Waals surface area contributed by atoms with E-state index >= 15 is 0 Å². The molecule has 6 heteroatoms. The molecular weight excluding hydrogens is 239 g/mol. The van der Waals surface area contributed by atoms with E-state index in [0.29, 0.717) is 10.6 Å². The van der Waals surface area contributed by atoms with Gasteiger partial charge in [0.05, 0.1) is 13.0 Å². The standard InChI is InChI=1S/C9H10Cl2N2O2/c1-15-9(14)5(3-12)6-4-13-8(11)2-7(6)10/h2,4-5H,3,12H2,1H3. The molecule has 0 radical (unpaired) electrons. The van der Waals surface area contributed by atoms with Crippen LogP contribution in [0.4, 0.5) is 0 Å². The van der Waals surface area contributed by atoms with Crippen molar-refractivity contribution < 1.29 is 9.53 Å². The first kappa shape index (κ1) is 12.2. The maximum absolute atomic E-state index is 11.4. The first-order valence-corrected chi connectivity index (χ1v) is 4.94.